The number of nitrogens with zero attached hydrogens (tertiary/aromatic N) is 1. The molecule has 3 rings (SSSR count). The van der Waals surface area contributed by atoms with Gasteiger partial charge in [0, 0.05) is 14.8 Å². The first-order chi connectivity index (χ1) is 15.4. The second kappa shape index (κ2) is 10.7. The van der Waals surface area contributed by atoms with Gasteiger partial charge < -0.3 is 14.8 Å². The van der Waals surface area contributed by atoms with Crippen molar-refractivity contribution in [3.05, 3.63) is 68.7 Å². The zero-order valence-electron chi connectivity index (χ0n) is 17.5. The molecule has 1 heterocycles. The number of rotatable bonds is 8. The Morgan fingerprint density at radius 2 is 1.91 bits per heavy atom. The monoisotopic (exact) mass is 564 g/mol. The second-order valence-electron chi connectivity index (χ2n) is 6.73. The number of carbonyl (C=O) groups is 3. The number of ether oxygens (including phenoxy) is 2. The van der Waals surface area contributed by atoms with Crippen molar-refractivity contribution in [2.45, 2.75) is 6.42 Å². The third kappa shape index (κ3) is 5.52. The normalized spacial score (nSPS) is 14.6. The molecule has 1 saturated heterocycles. The topological polar surface area (TPSA) is 84.9 Å². The summed E-state index contributed by atoms with van der Waals surface area (Å²) in [6.45, 7) is 3.39. The van der Waals surface area contributed by atoms with Gasteiger partial charge in [0.05, 0.1) is 19.1 Å². The Bertz CT molecular complexity index is 1100. The first kappa shape index (κ1) is 23.9. The lowest BCUT2D eigenvalue weighted by molar-refractivity contribution is -0.127. The van der Waals surface area contributed by atoms with Crippen molar-refractivity contribution in [3.8, 4) is 11.5 Å². The molecule has 0 spiro atoms. The van der Waals surface area contributed by atoms with Gasteiger partial charge in [0.2, 0.25) is 5.91 Å². The van der Waals surface area contributed by atoms with Crippen molar-refractivity contribution >= 4 is 63.2 Å². The largest absolute Gasteiger partial charge is 0.493 e. The molecule has 0 bridgehead atoms. The molecule has 0 aliphatic carbocycles. The number of allylic oxidation sites excluding steroid dienone is 1. The molecule has 9 heteroatoms. The number of hydrogen-bond acceptors (Lipinski definition) is 6. The lowest BCUT2D eigenvalue weighted by atomic mass is 10.0. The number of thioether (sulfide) groups is 1. The van der Waals surface area contributed by atoms with Gasteiger partial charge in [-0.3, -0.25) is 19.3 Å². The summed E-state index contributed by atoms with van der Waals surface area (Å²) in [5.74, 6) is 0.131. The van der Waals surface area contributed by atoms with Gasteiger partial charge in [-0.25, -0.2) is 0 Å². The molecule has 0 atom stereocenters. The van der Waals surface area contributed by atoms with Gasteiger partial charge in [-0.2, -0.15) is 0 Å². The highest BCUT2D eigenvalue weighted by Gasteiger charge is 2.36. The fourth-order valence-corrected chi connectivity index (χ4v) is 4.32. The summed E-state index contributed by atoms with van der Waals surface area (Å²) < 4.78 is 11.9. The van der Waals surface area contributed by atoms with E-state index in [-0.39, 0.29) is 11.4 Å². The van der Waals surface area contributed by atoms with Crippen molar-refractivity contribution in [3.63, 3.8) is 0 Å². The SMILES string of the molecule is C=CCc1cc(/C=C2\SC(=O)N(CC(=O)Nc3ccc(I)cc3)C2=O)cc(OC)c1OC. The maximum Gasteiger partial charge on any atom is 0.294 e. The number of imide groups is 1. The molecule has 1 N–H and O–H groups in total. The van der Waals surface area contributed by atoms with Crippen molar-refractivity contribution in [1.29, 1.82) is 0 Å². The molecule has 3 amide bonds. The predicted molar refractivity (Wildman–Crippen MR) is 134 cm³/mol. The first-order valence-electron chi connectivity index (χ1n) is 9.52. The Kier molecular flexibility index (Phi) is 7.97. The van der Waals surface area contributed by atoms with Crippen molar-refractivity contribution in [1.82, 2.24) is 4.90 Å². The Morgan fingerprint density at radius 3 is 2.53 bits per heavy atom. The van der Waals surface area contributed by atoms with Gasteiger partial charge >= 0.3 is 0 Å². The maximum absolute atomic E-state index is 12.8. The lowest BCUT2D eigenvalue weighted by Crippen LogP contribution is -2.36. The summed E-state index contributed by atoms with van der Waals surface area (Å²) in [7, 11) is 3.08. The number of methoxy groups -OCH3 is 2. The molecule has 2 aromatic rings. The van der Waals surface area contributed by atoms with Crippen LogP contribution in [0.2, 0.25) is 0 Å². The van der Waals surface area contributed by atoms with E-state index in [1.54, 1.807) is 37.5 Å². The summed E-state index contributed by atoms with van der Waals surface area (Å²) in [4.78, 5) is 38.7. The minimum absolute atomic E-state index is 0.230. The van der Waals surface area contributed by atoms with Gasteiger partial charge in [-0.05, 0) is 88.8 Å². The van der Waals surface area contributed by atoms with Crippen molar-refractivity contribution in [2.75, 3.05) is 26.1 Å². The van der Waals surface area contributed by atoms with E-state index in [9.17, 15) is 14.4 Å². The molecule has 2 aromatic carbocycles. The van der Waals surface area contributed by atoms with Crippen LogP contribution in [0.25, 0.3) is 6.08 Å². The van der Waals surface area contributed by atoms with Crippen LogP contribution in [-0.4, -0.2) is 42.7 Å². The van der Waals surface area contributed by atoms with Gasteiger partial charge in [0.25, 0.3) is 11.1 Å². The minimum Gasteiger partial charge on any atom is -0.493 e. The van der Waals surface area contributed by atoms with E-state index in [4.69, 9.17) is 9.47 Å². The highest BCUT2D eigenvalue weighted by atomic mass is 127. The molecule has 0 saturated carbocycles. The highest BCUT2D eigenvalue weighted by molar-refractivity contribution is 14.1. The van der Waals surface area contributed by atoms with Crippen LogP contribution in [0.3, 0.4) is 0 Å². The summed E-state index contributed by atoms with van der Waals surface area (Å²) in [6, 6.07) is 10.8. The van der Waals surface area contributed by atoms with Crippen molar-refractivity contribution < 1.29 is 23.9 Å². The van der Waals surface area contributed by atoms with E-state index in [1.807, 2.05) is 18.2 Å². The van der Waals surface area contributed by atoms with Crippen molar-refractivity contribution in [2.24, 2.45) is 0 Å². The summed E-state index contributed by atoms with van der Waals surface area (Å²) in [5, 5.41) is 2.20. The molecule has 1 fully saturated rings. The highest BCUT2D eigenvalue weighted by Crippen LogP contribution is 2.36. The fraction of sp³-hybridized carbons (Fsp3) is 0.174. The molecule has 0 unspecified atom stereocenters. The average Bonchev–Trinajstić information content (AvgIpc) is 3.02. The van der Waals surface area contributed by atoms with Crippen LogP contribution in [0.5, 0.6) is 11.5 Å². The van der Waals surface area contributed by atoms with Crippen LogP contribution in [0.15, 0.2) is 54.0 Å². The molecule has 32 heavy (non-hydrogen) atoms. The number of anilines is 1. The predicted octanol–water partition coefficient (Wildman–Crippen LogP) is 4.71. The zero-order chi connectivity index (χ0) is 23.3. The average molecular weight is 564 g/mol. The van der Waals surface area contributed by atoms with E-state index in [0.29, 0.717) is 29.2 Å². The molecular weight excluding hydrogens is 543 g/mol. The molecule has 1 aliphatic heterocycles. The number of halogens is 1. The quantitative estimate of drug-likeness (QED) is 0.284. The zero-order valence-corrected chi connectivity index (χ0v) is 20.5. The van der Waals surface area contributed by atoms with Crippen LogP contribution in [-0.2, 0) is 16.0 Å². The second-order valence-corrected chi connectivity index (χ2v) is 8.97. The summed E-state index contributed by atoms with van der Waals surface area (Å²) in [6.07, 6.45) is 3.89. The van der Waals surface area contributed by atoms with E-state index in [1.165, 1.54) is 7.11 Å². The Morgan fingerprint density at radius 1 is 1.19 bits per heavy atom. The number of nitrogens with one attached hydrogen (secondary N) is 1. The molecular formula is C23H21IN2O5S. The standard InChI is InChI=1S/C23H21IN2O5S/c1-4-5-15-10-14(11-18(30-2)21(15)31-3)12-19-22(28)26(23(29)32-19)13-20(27)25-17-8-6-16(24)7-9-17/h4,6-12H,1,5,13H2,2-3H3,(H,25,27)/b19-12-. The minimum atomic E-state index is -0.516. The van der Waals surface area contributed by atoms with Crippen LogP contribution >= 0.6 is 34.4 Å². The number of benzene rings is 2. The smallest absolute Gasteiger partial charge is 0.294 e. The summed E-state index contributed by atoms with van der Waals surface area (Å²) >= 11 is 2.96. The fourth-order valence-electron chi connectivity index (χ4n) is 3.12. The molecule has 0 aromatic heterocycles. The number of hydrogen-bond donors (Lipinski definition) is 1. The third-order valence-electron chi connectivity index (χ3n) is 4.54. The first-order valence-corrected chi connectivity index (χ1v) is 11.4. The molecule has 0 radical (unpaired) electrons. The Hall–Kier alpha value is -2.79. The number of carbonyl (C=O) groups excluding carboxylic acids is 3. The van der Waals surface area contributed by atoms with Crippen LogP contribution in [0.4, 0.5) is 10.5 Å². The van der Waals surface area contributed by atoms with Gasteiger partial charge in [0.1, 0.15) is 6.54 Å². The lowest BCUT2D eigenvalue weighted by Gasteiger charge is -2.13. The Balaban J connectivity index is 1.79. The van der Waals surface area contributed by atoms with E-state index in [0.717, 1.165) is 25.8 Å². The van der Waals surface area contributed by atoms with E-state index in [2.05, 4.69) is 34.5 Å². The van der Waals surface area contributed by atoms with E-state index >= 15 is 0 Å². The van der Waals surface area contributed by atoms with Crippen LogP contribution in [0.1, 0.15) is 11.1 Å². The van der Waals surface area contributed by atoms with Gasteiger partial charge in [-0.15, -0.1) is 6.58 Å². The molecule has 1 aliphatic rings. The van der Waals surface area contributed by atoms with E-state index < -0.39 is 17.1 Å². The number of amides is 3. The van der Waals surface area contributed by atoms with Crippen LogP contribution in [0, 0.1) is 3.57 Å². The third-order valence-corrected chi connectivity index (χ3v) is 6.17. The molecule has 166 valence electrons. The van der Waals surface area contributed by atoms with Gasteiger partial charge in [0.15, 0.2) is 11.5 Å². The van der Waals surface area contributed by atoms with Gasteiger partial charge in [-0.1, -0.05) is 6.08 Å². The van der Waals surface area contributed by atoms with Crippen LogP contribution < -0.4 is 14.8 Å². The summed E-state index contributed by atoms with van der Waals surface area (Å²) in [5.41, 5.74) is 2.11. The maximum atomic E-state index is 12.8. The Labute approximate surface area is 204 Å². The molecule has 7 nitrogen and oxygen atoms in total.